The second-order valence-electron chi connectivity index (χ2n) is 8.93. The molecule has 0 N–H and O–H groups in total. The third-order valence-corrected chi connectivity index (χ3v) is 8.18. The molecule has 4 nitrogen and oxygen atoms in total. The Labute approximate surface area is 215 Å². The molecule has 0 aliphatic carbocycles. The molecule has 1 heterocycles. The number of amides is 1. The van der Waals surface area contributed by atoms with Crippen LogP contribution in [0.2, 0.25) is 0 Å². The number of Topliss-reactive ketones (excluding diaryl/α,β-unsaturated/α-hetero) is 2. The number of anilines is 1. The molecule has 0 saturated heterocycles. The third kappa shape index (κ3) is 3.67. The second-order valence-corrected chi connectivity index (χ2v) is 10.2. The Morgan fingerprint density at radius 3 is 1.56 bits per heavy atom. The van der Waals surface area contributed by atoms with Gasteiger partial charge in [0.15, 0.2) is 0 Å². The lowest BCUT2D eigenvalue weighted by atomic mass is 9.91. The molecule has 0 spiro atoms. The van der Waals surface area contributed by atoms with Crippen molar-refractivity contribution < 1.29 is 14.4 Å². The number of nitrogens with zero attached hydrogens (tertiary/aromatic N) is 1. The van der Waals surface area contributed by atoms with Gasteiger partial charge in [-0.15, -0.1) is 0 Å². The summed E-state index contributed by atoms with van der Waals surface area (Å²) in [4.78, 5) is 43.5. The molecule has 0 bridgehead atoms. The van der Waals surface area contributed by atoms with Crippen molar-refractivity contribution in [2.24, 2.45) is 0 Å². The molecule has 5 heteroatoms. The zero-order valence-electron chi connectivity index (χ0n) is 20.3. The molecular formula is C31H25NO3S. The van der Waals surface area contributed by atoms with Crippen LogP contribution in [0.4, 0.5) is 5.69 Å². The maximum absolute atomic E-state index is 14.4. The molecule has 4 aromatic carbocycles. The second kappa shape index (κ2) is 9.25. The van der Waals surface area contributed by atoms with Gasteiger partial charge in [0.05, 0.1) is 5.69 Å². The number of rotatable bonds is 5. The van der Waals surface area contributed by atoms with Crippen molar-refractivity contribution in [1.29, 1.82) is 0 Å². The smallest absolute Gasteiger partial charge is 0.260 e. The number of fused-ring (bicyclic) bond motifs is 1. The minimum absolute atomic E-state index is 0.374. The first-order valence-corrected chi connectivity index (χ1v) is 12.6. The monoisotopic (exact) mass is 491 g/mol. The van der Waals surface area contributed by atoms with E-state index in [0.717, 1.165) is 33.3 Å². The van der Waals surface area contributed by atoms with E-state index >= 15 is 0 Å². The van der Waals surface area contributed by atoms with Crippen LogP contribution in [-0.4, -0.2) is 22.3 Å². The molecule has 4 aromatic rings. The van der Waals surface area contributed by atoms with Crippen LogP contribution in [0.15, 0.2) is 102 Å². The summed E-state index contributed by atoms with van der Waals surface area (Å²) in [6.07, 6.45) is 0. The standard InChI is InChI=1S/C31H25NO3S/c1-20-19-26-27(22(3)21(20)2)32(30(35)25-17-11-6-12-18-25)31(36-26,28(33)23-13-7-4-8-14-23)29(34)24-15-9-5-10-16-24/h4-19H,1-3H3. The molecule has 0 unspecified atom stereocenters. The SMILES string of the molecule is Cc1cc2c(c(C)c1C)N(C(=O)c1ccccc1)C(C(=O)c1ccccc1)(C(=O)c1ccccc1)S2. The fraction of sp³-hybridized carbons (Fsp3) is 0.129. The molecule has 0 atom stereocenters. The van der Waals surface area contributed by atoms with Crippen LogP contribution in [0.25, 0.3) is 0 Å². The van der Waals surface area contributed by atoms with E-state index in [1.165, 1.54) is 4.90 Å². The first-order valence-electron chi connectivity index (χ1n) is 11.8. The van der Waals surface area contributed by atoms with E-state index in [2.05, 4.69) is 0 Å². The summed E-state index contributed by atoms with van der Waals surface area (Å²) < 4.78 is 0. The van der Waals surface area contributed by atoms with E-state index in [1.807, 2.05) is 45.0 Å². The van der Waals surface area contributed by atoms with Crippen LogP contribution in [0.1, 0.15) is 47.8 Å². The Bertz CT molecular complexity index is 1430. The van der Waals surface area contributed by atoms with Gasteiger partial charge < -0.3 is 0 Å². The van der Waals surface area contributed by atoms with Crippen molar-refractivity contribution in [2.45, 2.75) is 30.5 Å². The predicted octanol–water partition coefficient (Wildman–Crippen LogP) is 6.83. The molecular weight excluding hydrogens is 466 g/mol. The van der Waals surface area contributed by atoms with Gasteiger partial charge in [-0.05, 0) is 55.7 Å². The molecule has 0 saturated carbocycles. The topological polar surface area (TPSA) is 54.5 Å². The fourth-order valence-corrected chi connectivity index (χ4v) is 6.25. The van der Waals surface area contributed by atoms with Crippen LogP contribution in [0.5, 0.6) is 0 Å². The first kappa shape index (κ1) is 23.8. The molecule has 0 fully saturated rings. The van der Waals surface area contributed by atoms with Gasteiger partial charge in [0.25, 0.3) is 5.91 Å². The van der Waals surface area contributed by atoms with Crippen molar-refractivity contribution in [3.63, 3.8) is 0 Å². The van der Waals surface area contributed by atoms with Gasteiger partial charge in [-0.3, -0.25) is 19.3 Å². The van der Waals surface area contributed by atoms with Crippen LogP contribution in [0.3, 0.4) is 0 Å². The van der Waals surface area contributed by atoms with Gasteiger partial charge in [0.1, 0.15) is 0 Å². The Hall–Kier alpha value is -3.96. The van der Waals surface area contributed by atoms with Gasteiger partial charge >= 0.3 is 0 Å². The van der Waals surface area contributed by atoms with Crippen LogP contribution < -0.4 is 4.90 Å². The Kier molecular flexibility index (Phi) is 6.10. The largest absolute Gasteiger partial charge is 0.290 e. The predicted molar refractivity (Wildman–Crippen MR) is 144 cm³/mol. The van der Waals surface area contributed by atoms with Gasteiger partial charge in [-0.1, -0.05) is 90.6 Å². The van der Waals surface area contributed by atoms with Crippen LogP contribution in [0, 0.1) is 20.8 Å². The molecule has 36 heavy (non-hydrogen) atoms. The number of hydrogen-bond acceptors (Lipinski definition) is 4. The van der Waals surface area contributed by atoms with Crippen LogP contribution in [-0.2, 0) is 0 Å². The van der Waals surface area contributed by atoms with Gasteiger partial charge in [0, 0.05) is 21.6 Å². The third-order valence-electron chi connectivity index (χ3n) is 6.80. The van der Waals surface area contributed by atoms with E-state index in [9.17, 15) is 14.4 Å². The molecule has 5 rings (SSSR count). The number of benzene rings is 4. The number of ketones is 2. The Balaban J connectivity index is 1.84. The van der Waals surface area contributed by atoms with Gasteiger partial charge in [-0.25, -0.2) is 0 Å². The maximum Gasteiger partial charge on any atom is 0.260 e. The number of thioether (sulfide) groups is 1. The first-order chi connectivity index (χ1) is 17.4. The maximum atomic E-state index is 14.4. The summed E-state index contributed by atoms with van der Waals surface area (Å²) in [5.74, 6) is -1.23. The summed E-state index contributed by atoms with van der Waals surface area (Å²) in [5, 5.41) is 0. The van der Waals surface area contributed by atoms with E-state index in [-0.39, 0.29) is 5.91 Å². The minimum Gasteiger partial charge on any atom is -0.290 e. The highest BCUT2D eigenvalue weighted by Gasteiger charge is 2.59. The molecule has 0 radical (unpaired) electrons. The van der Waals surface area contributed by atoms with E-state index < -0.39 is 16.4 Å². The van der Waals surface area contributed by atoms with Crippen molar-refractivity contribution in [2.75, 3.05) is 4.90 Å². The molecule has 178 valence electrons. The minimum atomic E-state index is -1.83. The van der Waals surface area contributed by atoms with Gasteiger partial charge in [0.2, 0.25) is 16.4 Å². The lowest BCUT2D eigenvalue weighted by molar-refractivity contribution is 0.0796. The zero-order chi connectivity index (χ0) is 25.4. The van der Waals surface area contributed by atoms with Crippen molar-refractivity contribution in [3.8, 4) is 0 Å². The zero-order valence-corrected chi connectivity index (χ0v) is 21.1. The molecule has 1 amide bonds. The molecule has 1 aliphatic heterocycles. The number of carbonyl (C=O) groups is 3. The highest BCUT2D eigenvalue weighted by Crippen LogP contribution is 2.55. The van der Waals surface area contributed by atoms with E-state index in [4.69, 9.17) is 0 Å². The summed E-state index contributed by atoms with van der Waals surface area (Å²) in [6, 6.07) is 28.3. The lowest BCUT2D eigenvalue weighted by Gasteiger charge is -2.36. The highest BCUT2D eigenvalue weighted by atomic mass is 32.2. The Morgan fingerprint density at radius 2 is 1.08 bits per heavy atom. The highest BCUT2D eigenvalue weighted by molar-refractivity contribution is 8.03. The quantitative estimate of drug-likeness (QED) is 0.227. The van der Waals surface area contributed by atoms with Gasteiger partial charge in [-0.2, -0.15) is 0 Å². The van der Waals surface area contributed by atoms with E-state index in [0.29, 0.717) is 22.4 Å². The molecule has 1 aliphatic rings. The summed E-state index contributed by atoms with van der Waals surface area (Å²) in [7, 11) is 0. The number of carbonyl (C=O) groups excluding carboxylic acids is 3. The van der Waals surface area contributed by atoms with Crippen molar-refractivity contribution in [3.05, 3.63) is 130 Å². The van der Waals surface area contributed by atoms with E-state index in [1.54, 1.807) is 72.8 Å². The number of aryl methyl sites for hydroxylation is 1. The normalized spacial score (nSPS) is 13.8. The Morgan fingerprint density at radius 1 is 0.639 bits per heavy atom. The van der Waals surface area contributed by atoms with Crippen molar-refractivity contribution >= 4 is 34.9 Å². The number of hydrogen-bond donors (Lipinski definition) is 0. The summed E-state index contributed by atoms with van der Waals surface area (Å²) >= 11 is 1.16. The average Bonchev–Trinajstić information content (AvgIpc) is 3.27. The molecule has 0 aromatic heterocycles. The van der Waals surface area contributed by atoms with Crippen LogP contribution >= 0.6 is 11.8 Å². The summed E-state index contributed by atoms with van der Waals surface area (Å²) in [5.41, 5.74) is 4.72. The fourth-order valence-electron chi connectivity index (χ4n) is 4.67. The van der Waals surface area contributed by atoms with Crippen molar-refractivity contribution in [1.82, 2.24) is 0 Å². The summed E-state index contributed by atoms with van der Waals surface area (Å²) in [6.45, 7) is 5.95. The lowest BCUT2D eigenvalue weighted by Crippen LogP contribution is -2.58. The average molecular weight is 492 g/mol.